The number of hydrogen-bond donors (Lipinski definition) is 0. The monoisotopic (exact) mass is 837 g/mol. The molecular formula is C48H112N4O4Si. The van der Waals surface area contributed by atoms with Crippen molar-refractivity contribution in [1.82, 2.24) is 0 Å². The molecular weight excluding hydrogens is 725 g/mol. The van der Waals surface area contributed by atoms with Crippen LogP contribution in [0.15, 0.2) is 0 Å². The molecule has 352 valence electrons. The van der Waals surface area contributed by atoms with E-state index < -0.39 is 9.05 Å². The summed E-state index contributed by atoms with van der Waals surface area (Å²) in [5.74, 6) is 0. The SMILES string of the molecule is CC(C)[N+](C(C)C)(C(C)C)C(C)C.CC(C)[N+](C(C)C)(C(C)C)C(C)C.CC(C)[N+](C(C)C)(C(C)C)C(C)C.CC(C)[N+](C(C)C)(C(C)C)C(C)C.[O-][Si]([O-])([O-])[O-]. The Balaban J connectivity index is -0.000000202. The van der Waals surface area contributed by atoms with E-state index in [1.807, 2.05) is 0 Å². The summed E-state index contributed by atoms with van der Waals surface area (Å²) in [6.45, 7) is 75.1. The first kappa shape index (κ1) is 66.0. The van der Waals surface area contributed by atoms with E-state index in [9.17, 15) is 0 Å². The molecule has 0 aromatic rings. The molecule has 0 heterocycles. The van der Waals surface area contributed by atoms with Gasteiger partial charge in [0.1, 0.15) is 0 Å². The summed E-state index contributed by atoms with van der Waals surface area (Å²) in [6, 6.07) is 11.3. The molecule has 0 fully saturated rings. The number of quaternary nitrogens is 4. The van der Waals surface area contributed by atoms with Gasteiger partial charge >= 0.3 is 0 Å². The molecule has 9 heteroatoms. The summed E-state index contributed by atoms with van der Waals surface area (Å²) in [5.41, 5.74) is 0. The standard InChI is InChI=1S/4C12H28N.O4Si/c4*1-9(2)13(10(3)4,11(5)6)12(7)8;1-5(2,3)4/h4*9-12H,1-8H3;/q4*+1;-4. The van der Waals surface area contributed by atoms with Crippen molar-refractivity contribution in [2.45, 2.75) is 318 Å². The molecule has 0 N–H and O–H groups in total. The Morgan fingerprint density at radius 3 is 0.211 bits per heavy atom. The van der Waals surface area contributed by atoms with E-state index in [0.29, 0.717) is 96.7 Å². The van der Waals surface area contributed by atoms with Crippen LogP contribution >= 0.6 is 0 Å². The Bertz CT molecular complexity index is 679. The Hall–Kier alpha value is -0.103. The van der Waals surface area contributed by atoms with Crippen LogP contribution in [-0.4, -0.2) is 124 Å². The Morgan fingerprint density at radius 1 is 0.175 bits per heavy atom. The predicted molar refractivity (Wildman–Crippen MR) is 249 cm³/mol. The van der Waals surface area contributed by atoms with Crippen molar-refractivity contribution < 1.29 is 37.1 Å². The predicted octanol–water partition coefficient (Wildman–Crippen LogP) is 8.61. The molecule has 0 bridgehead atoms. The van der Waals surface area contributed by atoms with Gasteiger partial charge in [0, 0.05) is 0 Å². The van der Waals surface area contributed by atoms with Gasteiger partial charge in [-0.15, -0.1) is 0 Å². The molecule has 0 aromatic heterocycles. The molecule has 0 radical (unpaired) electrons. The second-order valence-corrected chi connectivity index (χ2v) is 22.6. The quantitative estimate of drug-likeness (QED) is 0.115. The topological polar surface area (TPSA) is 92.2 Å². The summed E-state index contributed by atoms with van der Waals surface area (Å²) >= 11 is 0. The summed E-state index contributed by atoms with van der Waals surface area (Å²) in [4.78, 5) is 34.3. The molecule has 0 atom stereocenters. The smallest absolute Gasteiger partial charge is 0.0839 e. The van der Waals surface area contributed by atoms with Crippen molar-refractivity contribution in [3.05, 3.63) is 0 Å². The lowest BCUT2D eigenvalue weighted by molar-refractivity contribution is -1.00. The first-order valence-corrected chi connectivity index (χ1v) is 25.1. The molecule has 0 unspecified atom stereocenters. The maximum Gasteiger partial charge on any atom is 0.0839 e. The van der Waals surface area contributed by atoms with E-state index >= 15 is 0 Å². The lowest BCUT2D eigenvalue weighted by Crippen LogP contribution is -2.82. The highest BCUT2D eigenvalue weighted by atomic mass is 28.4. The van der Waals surface area contributed by atoms with Crippen molar-refractivity contribution in [3.63, 3.8) is 0 Å². The minimum absolute atomic E-state index is 0.708. The second-order valence-electron chi connectivity index (χ2n) is 21.6. The van der Waals surface area contributed by atoms with Gasteiger partial charge in [-0.25, -0.2) is 0 Å². The largest absolute Gasteiger partial charge is 0.894 e. The van der Waals surface area contributed by atoms with Crippen LogP contribution in [0.5, 0.6) is 0 Å². The fraction of sp³-hybridized carbons (Fsp3) is 1.00. The molecule has 0 rings (SSSR count). The van der Waals surface area contributed by atoms with E-state index in [0.717, 1.165) is 0 Å². The van der Waals surface area contributed by atoms with Gasteiger partial charge in [0.2, 0.25) is 0 Å². The van der Waals surface area contributed by atoms with E-state index in [1.165, 1.54) is 17.9 Å². The van der Waals surface area contributed by atoms with Gasteiger partial charge < -0.3 is 46.2 Å². The van der Waals surface area contributed by atoms with Gasteiger partial charge in [0.15, 0.2) is 0 Å². The lowest BCUT2D eigenvalue weighted by Gasteiger charge is -2.67. The minimum atomic E-state index is -5.61. The average molecular weight is 838 g/mol. The van der Waals surface area contributed by atoms with Gasteiger partial charge in [0.05, 0.1) is 96.7 Å². The van der Waals surface area contributed by atoms with Crippen LogP contribution in [0.1, 0.15) is 222 Å². The van der Waals surface area contributed by atoms with Crippen molar-refractivity contribution in [1.29, 1.82) is 0 Å². The van der Waals surface area contributed by atoms with Crippen LogP contribution in [-0.2, 0) is 0 Å². The van der Waals surface area contributed by atoms with Crippen molar-refractivity contribution >= 4 is 9.05 Å². The molecule has 0 saturated carbocycles. The fourth-order valence-corrected chi connectivity index (χ4v) is 14.3. The van der Waals surface area contributed by atoms with Gasteiger partial charge in [-0.05, 0) is 222 Å². The third-order valence-corrected chi connectivity index (χ3v) is 14.3. The van der Waals surface area contributed by atoms with Crippen LogP contribution in [0.25, 0.3) is 0 Å². The maximum absolute atomic E-state index is 8.58. The molecule has 0 saturated heterocycles. The highest BCUT2D eigenvalue weighted by molar-refractivity contribution is 6.38. The van der Waals surface area contributed by atoms with Crippen molar-refractivity contribution in [2.75, 3.05) is 0 Å². The third kappa shape index (κ3) is 17.7. The molecule has 0 aliphatic carbocycles. The van der Waals surface area contributed by atoms with Crippen LogP contribution in [0, 0.1) is 0 Å². The summed E-state index contributed by atoms with van der Waals surface area (Å²) in [5, 5.41) is 0. The average Bonchev–Trinajstić information content (AvgIpc) is 2.90. The Labute approximate surface area is 363 Å². The van der Waals surface area contributed by atoms with Crippen LogP contribution in [0.4, 0.5) is 0 Å². The third-order valence-electron chi connectivity index (χ3n) is 14.3. The van der Waals surface area contributed by atoms with E-state index in [4.69, 9.17) is 19.2 Å². The molecule has 0 amide bonds. The molecule has 0 aromatic carbocycles. The lowest BCUT2D eigenvalue weighted by atomic mass is 10.0. The number of hydrogen-bond acceptors (Lipinski definition) is 4. The highest BCUT2D eigenvalue weighted by Gasteiger charge is 2.43. The van der Waals surface area contributed by atoms with Gasteiger partial charge in [-0.1, -0.05) is 0 Å². The second kappa shape index (κ2) is 27.8. The van der Waals surface area contributed by atoms with Crippen molar-refractivity contribution in [3.8, 4) is 0 Å². The van der Waals surface area contributed by atoms with Crippen LogP contribution in [0.3, 0.4) is 0 Å². The first-order valence-electron chi connectivity index (χ1n) is 23.4. The summed E-state index contributed by atoms with van der Waals surface area (Å²) < 4.78 is 4.89. The van der Waals surface area contributed by atoms with Gasteiger partial charge in [0.25, 0.3) is 0 Å². The zero-order chi connectivity index (χ0) is 47.7. The summed E-state index contributed by atoms with van der Waals surface area (Å²) in [6.07, 6.45) is 0. The maximum atomic E-state index is 8.58. The fourth-order valence-electron chi connectivity index (χ4n) is 14.3. The molecule has 0 spiro atoms. The zero-order valence-electron chi connectivity index (χ0n) is 45.2. The zero-order valence-corrected chi connectivity index (χ0v) is 46.2. The Morgan fingerprint density at radius 2 is 0.211 bits per heavy atom. The van der Waals surface area contributed by atoms with E-state index in [1.54, 1.807) is 0 Å². The molecule has 0 aliphatic heterocycles. The summed E-state index contributed by atoms with van der Waals surface area (Å²) in [7, 11) is -5.61. The first-order chi connectivity index (χ1) is 25.1. The van der Waals surface area contributed by atoms with Gasteiger partial charge in [-0.3, -0.25) is 0 Å². The van der Waals surface area contributed by atoms with Crippen molar-refractivity contribution in [2.24, 2.45) is 0 Å². The van der Waals surface area contributed by atoms with Gasteiger partial charge in [-0.2, -0.15) is 0 Å². The normalized spacial score (nSPS) is 13.7. The Kier molecular flexibility index (Phi) is 32.1. The molecule has 0 aliphatic rings. The number of rotatable bonds is 16. The molecule has 57 heavy (non-hydrogen) atoms. The van der Waals surface area contributed by atoms with E-state index in [-0.39, 0.29) is 0 Å². The minimum Gasteiger partial charge on any atom is -0.894 e. The molecule has 8 nitrogen and oxygen atoms in total. The van der Waals surface area contributed by atoms with Crippen LogP contribution < -0.4 is 19.2 Å². The van der Waals surface area contributed by atoms with Crippen LogP contribution in [0.2, 0.25) is 0 Å². The number of nitrogens with zero attached hydrogens (tertiary/aromatic N) is 4. The van der Waals surface area contributed by atoms with E-state index in [2.05, 4.69) is 222 Å². The highest BCUT2D eigenvalue weighted by Crippen LogP contribution is 2.31.